The lowest BCUT2D eigenvalue weighted by molar-refractivity contribution is -0.117. The molecule has 0 radical (unpaired) electrons. The summed E-state index contributed by atoms with van der Waals surface area (Å²) in [5, 5.41) is 12.0. The first kappa shape index (κ1) is 22.2. The molecule has 0 spiro atoms. The van der Waals surface area contributed by atoms with Crippen LogP contribution in [0.3, 0.4) is 0 Å². The summed E-state index contributed by atoms with van der Waals surface area (Å²) in [5.41, 5.74) is -1.12. The van der Waals surface area contributed by atoms with Crippen molar-refractivity contribution in [2.24, 2.45) is 0 Å². The number of amides is 1. The molecule has 2 aromatic heterocycles. The normalized spacial score (nSPS) is 17.5. The number of aromatic nitrogens is 2. The van der Waals surface area contributed by atoms with E-state index in [2.05, 4.69) is 10.3 Å². The van der Waals surface area contributed by atoms with Gasteiger partial charge in [-0.15, -0.1) is 0 Å². The maximum Gasteiger partial charge on any atom is 0.269 e. The Bertz CT molecular complexity index is 1490. The van der Waals surface area contributed by atoms with Gasteiger partial charge in [-0.05, 0) is 36.8 Å². The van der Waals surface area contributed by atoms with Gasteiger partial charge in [0.15, 0.2) is 21.4 Å². The quantitative estimate of drug-likeness (QED) is 0.447. The second-order valence-corrected chi connectivity index (χ2v) is 9.57. The Kier molecular flexibility index (Phi) is 5.93. The minimum absolute atomic E-state index is 0.0554. The Morgan fingerprint density at radius 1 is 1.27 bits per heavy atom. The predicted octanol–water partition coefficient (Wildman–Crippen LogP) is 1.84. The van der Waals surface area contributed by atoms with E-state index in [0.717, 1.165) is 6.08 Å². The predicted molar refractivity (Wildman–Crippen MR) is 117 cm³/mol. The molecule has 3 heterocycles. The van der Waals surface area contributed by atoms with Crippen molar-refractivity contribution in [1.82, 2.24) is 14.7 Å². The average molecular weight is 468 g/mol. The molecule has 1 atom stereocenters. The summed E-state index contributed by atoms with van der Waals surface area (Å²) in [6.07, 6.45) is 2.68. The number of benzene rings is 1. The number of nitrogens with zero attached hydrogens (tertiary/aromatic N) is 3. The van der Waals surface area contributed by atoms with E-state index in [1.165, 1.54) is 34.9 Å². The van der Waals surface area contributed by atoms with E-state index < -0.39 is 38.7 Å². The second-order valence-electron chi connectivity index (χ2n) is 7.34. The molecule has 3 aromatic rings. The van der Waals surface area contributed by atoms with E-state index in [1.54, 1.807) is 24.3 Å². The molecule has 33 heavy (non-hydrogen) atoms. The van der Waals surface area contributed by atoms with Crippen molar-refractivity contribution >= 4 is 27.5 Å². The summed E-state index contributed by atoms with van der Waals surface area (Å²) in [7, 11) is -3.24. The van der Waals surface area contributed by atoms with Crippen LogP contribution in [0, 0.1) is 17.1 Å². The molecule has 1 fully saturated rings. The molecule has 0 saturated carbocycles. The van der Waals surface area contributed by atoms with E-state index in [9.17, 15) is 27.7 Å². The van der Waals surface area contributed by atoms with Crippen LogP contribution in [-0.2, 0) is 14.6 Å². The number of hydrogen-bond acceptors (Lipinski definition) is 7. The third-order valence-electron chi connectivity index (χ3n) is 5.00. The van der Waals surface area contributed by atoms with Gasteiger partial charge in [-0.1, -0.05) is 18.2 Å². The van der Waals surface area contributed by atoms with Crippen molar-refractivity contribution in [1.29, 1.82) is 5.26 Å². The number of carbonyl (C=O) groups is 1. The van der Waals surface area contributed by atoms with Gasteiger partial charge in [-0.2, -0.15) is 10.2 Å². The van der Waals surface area contributed by atoms with E-state index in [1.807, 2.05) is 0 Å². The van der Waals surface area contributed by atoms with Crippen molar-refractivity contribution < 1.29 is 22.3 Å². The van der Waals surface area contributed by atoms with Crippen molar-refractivity contribution in [2.45, 2.75) is 12.5 Å². The minimum Gasteiger partial charge on any atom is -0.435 e. The van der Waals surface area contributed by atoms with Gasteiger partial charge in [0.1, 0.15) is 22.9 Å². The highest BCUT2D eigenvalue weighted by Crippen LogP contribution is 2.26. The molecule has 9 nitrogen and oxygen atoms in total. The van der Waals surface area contributed by atoms with Crippen LogP contribution in [0.5, 0.6) is 11.6 Å². The maximum atomic E-state index is 14.2. The summed E-state index contributed by atoms with van der Waals surface area (Å²) >= 11 is 0. The van der Waals surface area contributed by atoms with E-state index in [-0.39, 0.29) is 40.8 Å². The van der Waals surface area contributed by atoms with Crippen molar-refractivity contribution in [2.75, 3.05) is 11.5 Å². The number of nitriles is 1. The Labute approximate surface area is 187 Å². The highest BCUT2D eigenvalue weighted by Gasteiger charge is 2.30. The smallest absolute Gasteiger partial charge is 0.269 e. The van der Waals surface area contributed by atoms with Crippen LogP contribution in [0.25, 0.3) is 11.7 Å². The molecule has 0 aliphatic carbocycles. The van der Waals surface area contributed by atoms with Crippen LogP contribution in [0.1, 0.15) is 12.0 Å². The summed E-state index contributed by atoms with van der Waals surface area (Å²) in [4.78, 5) is 30.0. The van der Waals surface area contributed by atoms with Crippen LogP contribution in [0.15, 0.2) is 59.0 Å². The SMILES string of the molecule is N#C/C(=C\c1c(Oc2ccccc2F)nc2ccccn2c1=O)C(=O)N[C@H]1CCS(=O)(=O)C1. The standard InChI is InChI=1S/C22H17FN4O5S/c23-17-5-1-2-6-18(17)32-21-16(22(29)27-9-4-3-7-19(27)26-21)11-14(12-24)20(28)25-15-8-10-33(30,31)13-15/h1-7,9,11,15H,8,10,13H2,(H,25,28)/b14-11+/t15-/m0/s1. The Morgan fingerprint density at radius 2 is 2.03 bits per heavy atom. The van der Waals surface area contributed by atoms with Gasteiger partial charge in [0.2, 0.25) is 5.88 Å². The molecule has 1 aromatic carbocycles. The topological polar surface area (TPSA) is 131 Å². The van der Waals surface area contributed by atoms with Crippen molar-refractivity contribution in [3.05, 3.63) is 76.0 Å². The van der Waals surface area contributed by atoms with Crippen LogP contribution in [0.4, 0.5) is 4.39 Å². The number of nitrogens with one attached hydrogen (secondary N) is 1. The van der Waals surface area contributed by atoms with E-state index in [0.29, 0.717) is 0 Å². The first-order valence-electron chi connectivity index (χ1n) is 9.84. The van der Waals surface area contributed by atoms with E-state index in [4.69, 9.17) is 4.74 Å². The van der Waals surface area contributed by atoms with Gasteiger partial charge >= 0.3 is 0 Å². The summed E-state index contributed by atoms with van der Waals surface area (Å²) in [5.74, 6) is -2.30. The zero-order chi connectivity index (χ0) is 23.6. The fourth-order valence-electron chi connectivity index (χ4n) is 3.38. The molecule has 0 bridgehead atoms. The third-order valence-corrected chi connectivity index (χ3v) is 6.77. The molecule has 11 heteroatoms. The van der Waals surface area contributed by atoms with Crippen LogP contribution in [-0.4, -0.2) is 41.3 Å². The van der Waals surface area contributed by atoms with Crippen LogP contribution >= 0.6 is 0 Å². The van der Waals surface area contributed by atoms with Gasteiger partial charge < -0.3 is 10.1 Å². The largest absolute Gasteiger partial charge is 0.435 e. The number of carbonyl (C=O) groups excluding carboxylic acids is 1. The number of halogens is 1. The summed E-state index contributed by atoms with van der Waals surface area (Å²) in [6, 6.07) is 11.4. The number of para-hydroxylation sites is 1. The fourth-order valence-corrected chi connectivity index (χ4v) is 5.05. The molecule has 168 valence electrons. The Morgan fingerprint density at radius 3 is 2.73 bits per heavy atom. The Hall–Kier alpha value is -4.04. The molecule has 4 rings (SSSR count). The van der Waals surface area contributed by atoms with Crippen LogP contribution in [0.2, 0.25) is 0 Å². The highest BCUT2D eigenvalue weighted by atomic mass is 32.2. The molecular formula is C22H17FN4O5S. The van der Waals surface area contributed by atoms with Gasteiger partial charge in [0.05, 0.1) is 11.5 Å². The van der Waals surface area contributed by atoms with Crippen molar-refractivity contribution in [3.8, 4) is 17.7 Å². The number of sulfone groups is 1. The van der Waals surface area contributed by atoms with Gasteiger partial charge in [-0.25, -0.2) is 12.8 Å². The molecule has 1 aliphatic rings. The maximum absolute atomic E-state index is 14.2. The number of pyridine rings is 1. The van der Waals surface area contributed by atoms with Gasteiger partial charge in [0, 0.05) is 12.2 Å². The first-order chi connectivity index (χ1) is 15.8. The number of hydrogen-bond donors (Lipinski definition) is 1. The lowest BCUT2D eigenvalue weighted by Crippen LogP contribution is -2.36. The molecule has 1 aliphatic heterocycles. The number of ether oxygens (including phenoxy) is 1. The first-order valence-corrected chi connectivity index (χ1v) is 11.7. The lowest BCUT2D eigenvalue weighted by Gasteiger charge is -2.12. The number of fused-ring (bicyclic) bond motifs is 1. The molecule has 1 saturated heterocycles. The van der Waals surface area contributed by atoms with Crippen molar-refractivity contribution in [3.63, 3.8) is 0 Å². The molecular weight excluding hydrogens is 451 g/mol. The Balaban J connectivity index is 1.77. The van der Waals surface area contributed by atoms with E-state index >= 15 is 0 Å². The monoisotopic (exact) mass is 468 g/mol. The lowest BCUT2D eigenvalue weighted by atomic mass is 10.1. The summed E-state index contributed by atoms with van der Waals surface area (Å²) < 4.78 is 44.2. The molecule has 1 amide bonds. The minimum atomic E-state index is -3.24. The third kappa shape index (κ3) is 4.75. The van der Waals surface area contributed by atoms with Crippen LogP contribution < -0.4 is 15.6 Å². The average Bonchev–Trinajstić information content (AvgIpc) is 3.13. The zero-order valence-electron chi connectivity index (χ0n) is 17.1. The number of rotatable bonds is 5. The van der Waals surface area contributed by atoms with Gasteiger partial charge in [-0.3, -0.25) is 14.0 Å². The second kappa shape index (κ2) is 8.84. The molecule has 0 unspecified atom stereocenters. The van der Waals surface area contributed by atoms with Gasteiger partial charge in [0.25, 0.3) is 11.5 Å². The summed E-state index contributed by atoms with van der Waals surface area (Å²) in [6.45, 7) is 0. The molecule has 1 N–H and O–H groups in total. The zero-order valence-corrected chi connectivity index (χ0v) is 17.9. The fraction of sp³-hybridized carbons (Fsp3) is 0.182. The highest BCUT2D eigenvalue weighted by molar-refractivity contribution is 7.91.